The SMILES string of the molecule is CCC(CSC)NC1CCOC(CC)C1. The molecule has 0 spiro atoms. The minimum Gasteiger partial charge on any atom is -0.378 e. The third-order valence-corrected chi connectivity index (χ3v) is 3.89. The van der Waals surface area contributed by atoms with E-state index in [0.717, 1.165) is 13.0 Å². The summed E-state index contributed by atoms with van der Waals surface area (Å²) in [5.41, 5.74) is 0. The van der Waals surface area contributed by atoms with Crippen LogP contribution in [0.4, 0.5) is 0 Å². The summed E-state index contributed by atoms with van der Waals surface area (Å²) in [5.74, 6) is 1.23. The van der Waals surface area contributed by atoms with E-state index in [9.17, 15) is 0 Å². The van der Waals surface area contributed by atoms with Crippen molar-refractivity contribution in [1.82, 2.24) is 5.32 Å². The zero-order chi connectivity index (χ0) is 11.1. The van der Waals surface area contributed by atoms with Gasteiger partial charge in [-0.3, -0.25) is 0 Å². The van der Waals surface area contributed by atoms with Gasteiger partial charge in [0.15, 0.2) is 0 Å². The van der Waals surface area contributed by atoms with Crippen LogP contribution in [0.3, 0.4) is 0 Å². The molecule has 3 unspecified atom stereocenters. The van der Waals surface area contributed by atoms with Crippen LogP contribution >= 0.6 is 11.8 Å². The molecule has 0 saturated carbocycles. The fraction of sp³-hybridized carbons (Fsp3) is 1.00. The summed E-state index contributed by atoms with van der Waals surface area (Å²) in [6.07, 6.45) is 7.43. The molecule has 1 aliphatic heterocycles. The smallest absolute Gasteiger partial charge is 0.0587 e. The molecule has 0 radical (unpaired) electrons. The van der Waals surface area contributed by atoms with Crippen molar-refractivity contribution < 1.29 is 4.74 Å². The molecule has 1 saturated heterocycles. The molecule has 0 aliphatic carbocycles. The Balaban J connectivity index is 2.29. The van der Waals surface area contributed by atoms with E-state index in [1.807, 2.05) is 11.8 Å². The first kappa shape index (κ1) is 13.3. The van der Waals surface area contributed by atoms with Gasteiger partial charge in [-0.05, 0) is 31.9 Å². The van der Waals surface area contributed by atoms with Crippen molar-refractivity contribution in [2.45, 2.75) is 57.7 Å². The maximum Gasteiger partial charge on any atom is 0.0587 e. The lowest BCUT2D eigenvalue weighted by Crippen LogP contribution is -2.44. The second kappa shape index (κ2) is 7.53. The second-order valence-electron chi connectivity index (χ2n) is 4.35. The zero-order valence-electron chi connectivity index (χ0n) is 10.3. The van der Waals surface area contributed by atoms with E-state index < -0.39 is 0 Å². The Morgan fingerprint density at radius 2 is 2.27 bits per heavy atom. The van der Waals surface area contributed by atoms with Gasteiger partial charge in [0, 0.05) is 24.4 Å². The van der Waals surface area contributed by atoms with Gasteiger partial charge in [-0.1, -0.05) is 13.8 Å². The first-order valence-electron chi connectivity index (χ1n) is 6.16. The normalized spacial score (nSPS) is 29.0. The van der Waals surface area contributed by atoms with Crippen LogP contribution in [-0.4, -0.2) is 36.8 Å². The summed E-state index contributed by atoms with van der Waals surface area (Å²) in [5, 5.41) is 3.77. The summed E-state index contributed by atoms with van der Waals surface area (Å²) in [4.78, 5) is 0. The predicted molar refractivity (Wildman–Crippen MR) is 68.6 cm³/mol. The van der Waals surface area contributed by atoms with Crippen molar-refractivity contribution in [3.05, 3.63) is 0 Å². The number of thioether (sulfide) groups is 1. The number of hydrogen-bond donors (Lipinski definition) is 1. The molecule has 1 heterocycles. The lowest BCUT2D eigenvalue weighted by atomic mass is 10.0. The minimum atomic E-state index is 0.489. The van der Waals surface area contributed by atoms with Gasteiger partial charge in [-0.2, -0.15) is 11.8 Å². The molecular formula is C12H25NOS. The fourth-order valence-corrected chi connectivity index (χ4v) is 2.87. The first-order valence-corrected chi connectivity index (χ1v) is 7.56. The maximum absolute atomic E-state index is 5.69. The first-order chi connectivity index (χ1) is 7.30. The van der Waals surface area contributed by atoms with Crippen LogP contribution in [0.5, 0.6) is 0 Å². The van der Waals surface area contributed by atoms with E-state index >= 15 is 0 Å². The number of hydrogen-bond acceptors (Lipinski definition) is 3. The maximum atomic E-state index is 5.69. The summed E-state index contributed by atoms with van der Waals surface area (Å²) >= 11 is 1.94. The van der Waals surface area contributed by atoms with Gasteiger partial charge in [0.25, 0.3) is 0 Å². The van der Waals surface area contributed by atoms with Gasteiger partial charge in [-0.15, -0.1) is 0 Å². The Labute approximate surface area is 98.5 Å². The van der Waals surface area contributed by atoms with Crippen molar-refractivity contribution in [3.63, 3.8) is 0 Å². The Bertz CT molecular complexity index is 166. The van der Waals surface area contributed by atoms with Gasteiger partial charge in [-0.25, -0.2) is 0 Å². The van der Waals surface area contributed by atoms with Gasteiger partial charge in [0.2, 0.25) is 0 Å². The third-order valence-electron chi connectivity index (χ3n) is 3.15. The van der Waals surface area contributed by atoms with Crippen molar-refractivity contribution >= 4 is 11.8 Å². The molecule has 2 nitrogen and oxygen atoms in total. The second-order valence-corrected chi connectivity index (χ2v) is 5.26. The van der Waals surface area contributed by atoms with E-state index in [1.165, 1.54) is 25.0 Å². The number of rotatable bonds is 6. The molecule has 0 aromatic heterocycles. The number of nitrogens with one attached hydrogen (secondary N) is 1. The molecule has 15 heavy (non-hydrogen) atoms. The third kappa shape index (κ3) is 4.75. The minimum absolute atomic E-state index is 0.489. The summed E-state index contributed by atoms with van der Waals surface area (Å²) in [6.45, 7) is 5.42. The van der Waals surface area contributed by atoms with Gasteiger partial charge in [0.1, 0.15) is 0 Å². The highest BCUT2D eigenvalue weighted by Gasteiger charge is 2.22. The lowest BCUT2D eigenvalue weighted by molar-refractivity contribution is -0.00156. The molecule has 1 rings (SSSR count). The summed E-state index contributed by atoms with van der Waals surface area (Å²) in [6, 6.07) is 1.36. The van der Waals surface area contributed by atoms with E-state index in [-0.39, 0.29) is 0 Å². The van der Waals surface area contributed by atoms with Crippen molar-refractivity contribution in [1.29, 1.82) is 0 Å². The van der Waals surface area contributed by atoms with Gasteiger partial charge in [0.05, 0.1) is 6.10 Å². The van der Waals surface area contributed by atoms with E-state index in [4.69, 9.17) is 4.74 Å². The van der Waals surface area contributed by atoms with Gasteiger partial charge >= 0.3 is 0 Å². The number of ether oxygens (including phenoxy) is 1. The molecule has 90 valence electrons. The Kier molecular flexibility index (Phi) is 6.69. The van der Waals surface area contributed by atoms with Crippen molar-refractivity contribution in [2.75, 3.05) is 18.6 Å². The quantitative estimate of drug-likeness (QED) is 0.759. The monoisotopic (exact) mass is 231 g/mol. The van der Waals surface area contributed by atoms with Crippen LogP contribution in [0.1, 0.15) is 39.5 Å². The molecule has 1 fully saturated rings. The van der Waals surface area contributed by atoms with Crippen LogP contribution < -0.4 is 5.32 Å². The van der Waals surface area contributed by atoms with Gasteiger partial charge < -0.3 is 10.1 Å². The predicted octanol–water partition coefficient (Wildman–Crippen LogP) is 2.68. The average Bonchev–Trinajstić information content (AvgIpc) is 2.29. The molecule has 1 N–H and O–H groups in total. The summed E-state index contributed by atoms with van der Waals surface area (Å²) < 4.78 is 5.69. The Hall–Kier alpha value is 0.270. The molecule has 0 aromatic rings. The molecule has 0 bridgehead atoms. The topological polar surface area (TPSA) is 21.3 Å². The van der Waals surface area contributed by atoms with Crippen molar-refractivity contribution in [3.8, 4) is 0 Å². The van der Waals surface area contributed by atoms with Crippen LogP contribution in [0.15, 0.2) is 0 Å². The van der Waals surface area contributed by atoms with Crippen LogP contribution in [-0.2, 0) is 4.74 Å². The largest absolute Gasteiger partial charge is 0.378 e. The fourth-order valence-electron chi connectivity index (χ4n) is 2.13. The lowest BCUT2D eigenvalue weighted by Gasteiger charge is -2.32. The van der Waals surface area contributed by atoms with E-state index in [0.29, 0.717) is 18.2 Å². The van der Waals surface area contributed by atoms with Crippen molar-refractivity contribution in [2.24, 2.45) is 0 Å². The molecule has 0 amide bonds. The van der Waals surface area contributed by atoms with E-state index in [2.05, 4.69) is 25.4 Å². The van der Waals surface area contributed by atoms with E-state index in [1.54, 1.807) is 0 Å². The zero-order valence-corrected chi connectivity index (χ0v) is 11.1. The highest BCUT2D eigenvalue weighted by molar-refractivity contribution is 7.98. The standard InChI is InChI=1S/C12H25NOS/c1-4-10(9-15-3)13-11-6-7-14-12(5-2)8-11/h10-13H,4-9H2,1-3H3. The molecule has 0 aromatic carbocycles. The van der Waals surface area contributed by atoms with Crippen LogP contribution in [0.2, 0.25) is 0 Å². The summed E-state index contributed by atoms with van der Waals surface area (Å²) in [7, 11) is 0. The molecule has 1 aliphatic rings. The average molecular weight is 231 g/mol. The Morgan fingerprint density at radius 3 is 2.87 bits per heavy atom. The highest BCUT2D eigenvalue weighted by Crippen LogP contribution is 2.17. The molecular weight excluding hydrogens is 206 g/mol. The molecule has 3 heteroatoms. The van der Waals surface area contributed by atoms with Crippen LogP contribution in [0.25, 0.3) is 0 Å². The van der Waals surface area contributed by atoms with Crippen LogP contribution in [0, 0.1) is 0 Å². The Morgan fingerprint density at radius 1 is 1.47 bits per heavy atom. The molecule has 3 atom stereocenters. The highest BCUT2D eigenvalue weighted by atomic mass is 32.2.